The third-order valence-electron chi connectivity index (χ3n) is 4.75. The molecule has 0 bridgehead atoms. The predicted molar refractivity (Wildman–Crippen MR) is 107 cm³/mol. The first-order chi connectivity index (χ1) is 12.0. The standard InChI is InChI=1S/C24H26O/c1-16(2)18-8-7-9-19(14-18)23-15-20(12-13-24(23)25)22-11-6-5-10-21(22)17(3)4/h5-17,25H,1-4H3. The number of hydrogen-bond acceptors (Lipinski definition) is 1. The van der Waals surface area contributed by atoms with Crippen LogP contribution in [0.3, 0.4) is 0 Å². The number of benzene rings is 3. The summed E-state index contributed by atoms with van der Waals surface area (Å²) in [6.07, 6.45) is 0. The predicted octanol–water partition coefficient (Wildman–Crippen LogP) is 6.97. The fourth-order valence-corrected chi connectivity index (χ4v) is 3.26. The lowest BCUT2D eigenvalue weighted by atomic mass is 9.90. The van der Waals surface area contributed by atoms with E-state index in [4.69, 9.17) is 0 Å². The Morgan fingerprint density at radius 2 is 1.36 bits per heavy atom. The number of hydrogen-bond donors (Lipinski definition) is 1. The Balaban J connectivity index is 2.13. The van der Waals surface area contributed by atoms with Crippen molar-refractivity contribution >= 4 is 0 Å². The lowest BCUT2D eigenvalue weighted by Gasteiger charge is -2.15. The second-order valence-electron chi connectivity index (χ2n) is 7.25. The molecule has 0 radical (unpaired) electrons. The van der Waals surface area contributed by atoms with Gasteiger partial charge in [0.2, 0.25) is 0 Å². The Morgan fingerprint density at radius 1 is 0.640 bits per heavy atom. The Labute approximate surface area is 151 Å². The highest BCUT2D eigenvalue weighted by molar-refractivity contribution is 5.79. The van der Waals surface area contributed by atoms with E-state index in [2.05, 4.69) is 82.3 Å². The second kappa shape index (κ2) is 7.14. The summed E-state index contributed by atoms with van der Waals surface area (Å²) in [7, 11) is 0. The molecule has 0 unspecified atom stereocenters. The smallest absolute Gasteiger partial charge is 0.123 e. The van der Waals surface area contributed by atoms with Crippen LogP contribution in [0.2, 0.25) is 0 Å². The average molecular weight is 330 g/mol. The van der Waals surface area contributed by atoms with Gasteiger partial charge in [0.25, 0.3) is 0 Å². The highest BCUT2D eigenvalue weighted by atomic mass is 16.3. The zero-order valence-electron chi connectivity index (χ0n) is 15.5. The van der Waals surface area contributed by atoms with Gasteiger partial charge in [-0.2, -0.15) is 0 Å². The summed E-state index contributed by atoms with van der Waals surface area (Å²) >= 11 is 0. The molecule has 3 rings (SSSR count). The SMILES string of the molecule is CC(C)c1cccc(-c2cc(-c3ccccc3C(C)C)ccc2O)c1. The van der Waals surface area contributed by atoms with Crippen LogP contribution < -0.4 is 0 Å². The van der Waals surface area contributed by atoms with E-state index in [-0.39, 0.29) is 0 Å². The van der Waals surface area contributed by atoms with Crippen LogP contribution in [0.1, 0.15) is 50.7 Å². The van der Waals surface area contributed by atoms with Crippen molar-refractivity contribution < 1.29 is 5.11 Å². The topological polar surface area (TPSA) is 20.2 Å². The molecule has 0 atom stereocenters. The van der Waals surface area contributed by atoms with Crippen molar-refractivity contribution in [3.63, 3.8) is 0 Å². The Morgan fingerprint density at radius 3 is 2.08 bits per heavy atom. The third kappa shape index (κ3) is 3.61. The van der Waals surface area contributed by atoms with Gasteiger partial charge < -0.3 is 5.11 Å². The number of phenols is 1. The fourth-order valence-electron chi connectivity index (χ4n) is 3.26. The number of rotatable bonds is 4. The minimum absolute atomic E-state index is 0.326. The number of phenolic OH excluding ortho intramolecular Hbond substituents is 1. The molecule has 0 saturated carbocycles. The Hall–Kier alpha value is -2.54. The lowest BCUT2D eigenvalue weighted by molar-refractivity contribution is 0.477. The molecular formula is C24H26O. The van der Waals surface area contributed by atoms with E-state index in [1.54, 1.807) is 0 Å². The molecule has 25 heavy (non-hydrogen) atoms. The first-order valence-corrected chi connectivity index (χ1v) is 9.00. The zero-order chi connectivity index (χ0) is 18.0. The monoisotopic (exact) mass is 330 g/mol. The van der Waals surface area contributed by atoms with Gasteiger partial charge >= 0.3 is 0 Å². The normalized spacial score (nSPS) is 11.3. The summed E-state index contributed by atoms with van der Waals surface area (Å²) in [5, 5.41) is 10.4. The molecule has 0 aromatic heterocycles. The molecule has 0 heterocycles. The molecule has 0 amide bonds. The summed E-state index contributed by atoms with van der Waals surface area (Å²) in [5.41, 5.74) is 6.94. The van der Waals surface area contributed by atoms with Crippen LogP contribution in [0.5, 0.6) is 5.75 Å². The van der Waals surface area contributed by atoms with Crippen molar-refractivity contribution in [2.45, 2.75) is 39.5 Å². The van der Waals surface area contributed by atoms with Crippen LogP contribution in [0.4, 0.5) is 0 Å². The molecule has 0 aliphatic rings. The lowest BCUT2D eigenvalue weighted by Crippen LogP contribution is -1.93. The molecule has 0 aliphatic heterocycles. The highest BCUT2D eigenvalue weighted by Crippen LogP contribution is 2.37. The van der Waals surface area contributed by atoms with Gasteiger partial charge in [0.05, 0.1) is 0 Å². The maximum atomic E-state index is 10.4. The molecule has 3 aromatic carbocycles. The van der Waals surface area contributed by atoms with E-state index >= 15 is 0 Å². The van der Waals surface area contributed by atoms with Gasteiger partial charge in [0.1, 0.15) is 5.75 Å². The molecule has 1 N–H and O–H groups in total. The van der Waals surface area contributed by atoms with Crippen LogP contribution in [0, 0.1) is 0 Å². The Bertz CT molecular complexity index is 875. The average Bonchev–Trinajstić information content (AvgIpc) is 2.62. The van der Waals surface area contributed by atoms with Gasteiger partial charge in [0, 0.05) is 5.56 Å². The molecule has 3 aromatic rings. The molecule has 1 nitrogen and oxygen atoms in total. The summed E-state index contributed by atoms with van der Waals surface area (Å²) < 4.78 is 0. The Kier molecular flexibility index (Phi) is 4.94. The molecule has 0 fully saturated rings. The summed E-state index contributed by atoms with van der Waals surface area (Å²) in [6.45, 7) is 8.81. The minimum atomic E-state index is 0.326. The van der Waals surface area contributed by atoms with Gasteiger partial charge in [-0.1, -0.05) is 82.3 Å². The van der Waals surface area contributed by atoms with Crippen LogP contribution in [0.15, 0.2) is 66.7 Å². The summed E-state index contributed by atoms with van der Waals surface area (Å²) in [5.74, 6) is 1.25. The maximum absolute atomic E-state index is 10.4. The summed E-state index contributed by atoms with van der Waals surface area (Å²) in [4.78, 5) is 0. The largest absolute Gasteiger partial charge is 0.507 e. The minimum Gasteiger partial charge on any atom is -0.507 e. The van der Waals surface area contributed by atoms with Crippen molar-refractivity contribution in [2.24, 2.45) is 0 Å². The third-order valence-corrected chi connectivity index (χ3v) is 4.75. The van der Waals surface area contributed by atoms with Crippen molar-refractivity contribution in [3.05, 3.63) is 77.9 Å². The van der Waals surface area contributed by atoms with Gasteiger partial charge in [0.15, 0.2) is 0 Å². The van der Waals surface area contributed by atoms with E-state index in [1.165, 1.54) is 16.7 Å². The van der Waals surface area contributed by atoms with Crippen molar-refractivity contribution in [1.82, 2.24) is 0 Å². The summed E-state index contributed by atoms with van der Waals surface area (Å²) in [6, 6.07) is 22.9. The van der Waals surface area contributed by atoms with E-state index < -0.39 is 0 Å². The molecule has 128 valence electrons. The van der Waals surface area contributed by atoms with E-state index in [9.17, 15) is 5.11 Å². The second-order valence-corrected chi connectivity index (χ2v) is 7.25. The van der Waals surface area contributed by atoms with Gasteiger partial charge in [-0.25, -0.2) is 0 Å². The van der Waals surface area contributed by atoms with Crippen LogP contribution in [-0.4, -0.2) is 5.11 Å². The quantitative estimate of drug-likeness (QED) is 0.547. The number of aromatic hydroxyl groups is 1. The maximum Gasteiger partial charge on any atom is 0.123 e. The van der Waals surface area contributed by atoms with Crippen molar-refractivity contribution in [3.8, 4) is 28.0 Å². The first kappa shape index (κ1) is 17.3. The fraction of sp³-hybridized carbons (Fsp3) is 0.250. The van der Waals surface area contributed by atoms with Gasteiger partial charge in [-0.3, -0.25) is 0 Å². The van der Waals surface area contributed by atoms with E-state index in [0.29, 0.717) is 17.6 Å². The molecular weight excluding hydrogens is 304 g/mol. The van der Waals surface area contributed by atoms with E-state index in [1.807, 2.05) is 12.1 Å². The van der Waals surface area contributed by atoms with Gasteiger partial charge in [-0.05, 0) is 51.8 Å². The molecule has 0 spiro atoms. The van der Waals surface area contributed by atoms with Crippen LogP contribution in [-0.2, 0) is 0 Å². The highest BCUT2D eigenvalue weighted by Gasteiger charge is 2.12. The first-order valence-electron chi connectivity index (χ1n) is 9.00. The van der Waals surface area contributed by atoms with Gasteiger partial charge in [-0.15, -0.1) is 0 Å². The molecule has 0 aliphatic carbocycles. The van der Waals surface area contributed by atoms with Crippen LogP contribution >= 0.6 is 0 Å². The molecule has 1 heteroatoms. The zero-order valence-corrected chi connectivity index (χ0v) is 15.5. The molecule has 0 saturated heterocycles. The van der Waals surface area contributed by atoms with E-state index in [0.717, 1.165) is 16.7 Å². The van der Waals surface area contributed by atoms with Crippen molar-refractivity contribution in [1.29, 1.82) is 0 Å². The van der Waals surface area contributed by atoms with Crippen molar-refractivity contribution in [2.75, 3.05) is 0 Å². The van der Waals surface area contributed by atoms with Crippen LogP contribution in [0.25, 0.3) is 22.3 Å².